The number of piperazine rings is 1. The lowest BCUT2D eigenvalue weighted by atomic mass is 9.86. The number of hydrogen-bond donors (Lipinski definition) is 0. The van der Waals surface area contributed by atoms with Crippen molar-refractivity contribution < 1.29 is 13.2 Å². The molecule has 0 saturated carbocycles. The minimum Gasteiger partial charge on any atom is -0.336 e. The Morgan fingerprint density at radius 1 is 0.867 bits per heavy atom. The highest BCUT2D eigenvalue weighted by Gasteiger charge is 2.32. The Hall–Kier alpha value is -2.18. The molecule has 2 aromatic rings. The molecule has 0 unspecified atom stereocenters. The summed E-state index contributed by atoms with van der Waals surface area (Å²) in [6, 6.07) is 11.5. The topological polar surface area (TPSA) is 57.7 Å². The summed E-state index contributed by atoms with van der Waals surface area (Å²) in [7, 11) is -3.58. The summed E-state index contributed by atoms with van der Waals surface area (Å²) in [6.45, 7) is 13.5. The largest absolute Gasteiger partial charge is 0.336 e. The first-order chi connectivity index (χ1) is 13.9. The van der Waals surface area contributed by atoms with Crippen LogP contribution in [0.4, 0.5) is 0 Å². The van der Waals surface area contributed by atoms with E-state index in [4.69, 9.17) is 0 Å². The van der Waals surface area contributed by atoms with Gasteiger partial charge in [0.2, 0.25) is 10.0 Å². The lowest BCUT2D eigenvalue weighted by Gasteiger charge is -2.34. The highest BCUT2D eigenvalue weighted by molar-refractivity contribution is 7.89. The predicted molar refractivity (Wildman–Crippen MR) is 120 cm³/mol. The first-order valence-corrected chi connectivity index (χ1v) is 11.8. The molecule has 0 aliphatic carbocycles. The minimum atomic E-state index is -3.58. The minimum absolute atomic E-state index is 0.0355. The second-order valence-corrected chi connectivity index (χ2v) is 11.1. The van der Waals surface area contributed by atoms with Gasteiger partial charge in [-0.05, 0) is 55.0 Å². The Morgan fingerprint density at radius 2 is 1.37 bits per heavy atom. The molecule has 1 saturated heterocycles. The SMILES string of the molecule is Cc1cc(C)c(S(=O)(=O)N2CCN(C(=O)c3ccc(C(C)(C)C)cc3)CC2)c(C)c1. The lowest BCUT2D eigenvalue weighted by Crippen LogP contribution is -2.50. The van der Waals surface area contributed by atoms with Crippen molar-refractivity contribution in [2.24, 2.45) is 0 Å². The normalized spacial score (nSPS) is 16.0. The molecule has 1 aliphatic rings. The van der Waals surface area contributed by atoms with Crippen LogP contribution >= 0.6 is 0 Å². The summed E-state index contributed by atoms with van der Waals surface area (Å²) in [4.78, 5) is 15.0. The van der Waals surface area contributed by atoms with Crippen molar-refractivity contribution in [3.63, 3.8) is 0 Å². The standard InChI is InChI=1S/C24H32N2O3S/c1-17-15-18(2)22(19(3)16-17)30(28,29)26-13-11-25(12-14-26)23(27)20-7-9-21(10-8-20)24(4,5)6/h7-10,15-16H,11-14H2,1-6H3. The Kier molecular flexibility index (Phi) is 6.12. The van der Waals surface area contributed by atoms with Gasteiger partial charge >= 0.3 is 0 Å². The van der Waals surface area contributed by atoms with Gasteiger partial charge in [0, 0.05) is 31.7 Å². The van der Waals surface area contributed by atoms with Gasteiger partial charge in [-0.15, -0.1) is 0 Å². The molecule has 0 aromatic heterocycles. The molecule has 0 radical (unpaired) electrons. The van der Waals surface area contributed by atoms with Crippen LogP contribution in [0.1, 0.15) is 53.4 Å². The number of amides is 1. The van der Waals surface area contributed by atoms with Crippen molar-refractivity contribution >= 4 is 15.9 Å². The molecule has 6 heteroatoms. The molecule has 5 nitrogen and oxygen atoms in total. The van der Waals surface area contributed by atoms with E-state index in [1.807, 2.05) is 57.2 Å². The molecule has 0 spiro atoms. The third-order valence-electron chi connectivity index (χ3n) is 5.73. The Labute approximate surface area is 180 Å². The zero-order valence-electron chi connectivity index (χ0n) is 18.8. The van der Waals surface area contributed by atoms with Crippen LogP contribution in [-0.4, -0.2) is 49.7 Å². The smallest absolute Gasteiger partial charge is 0.253 e. The summed E-state index contributed by atoms with van der Waals surface area (Å²) < 4.78 is 28.0. The van der Waals surface area contributed by atoms with Crippen molar-refractivity contribution in [2.45, 2.75) is 51.9 Å². The molecule has 30 heavy (non-hydrogen) atoms. The Morgan fingerprint density at radius 3 is 1.83 bits per heavy atom. The molecule has 3 rings (SSSR count). The number of hydrogen-bond acceptors (Lipinski definition) is 3. The predicted octanol–water partition coefficient (Wildman–Crippen LogP) is 4.06. The van der Waals surface area contributed by atoms with E-state index < -0.39 is 10.0 Å². The molecular weight excluding hydrogens is 396 g/mol. The van der Waals surface area contributed by atoms with Crippen molar-refractivity contribution in [1.82, 2.24) is 9.21 Å². The summed E-state index contributed by atoms with van der Waals surface area (Å²) in [5, 5.41) is 0. The van der Waals surface area contributed by atoms with Crippen molar-refractivity contribution in [1.29, 1.82) is 0 Å². The third-order valence-corrected chi connectivity index (χ3v) is 7.93. The number of rotatable bonds is 3. The van der Waals surface area contributed by atoms with E-state index >= 15 is 0 Å². The molecule has 1 amide bonds. The third kappa shape index (κ3) is 4.44. The van der Waals surface area contributed by atoms with Gasteiger partial charge in [0.25, 0.3) is 5.91 Å². The van der Waals surface area contributed by atoms with E-state index in [1.54, 1.807) is 4.90 Å². The fraction of sp³-hybridized carbons (Fsp3) is 0.458. The molecule has 1 heterocycles. The van der Waals surface area contributed by atoms with Crippen molar-refractivity contribution in [3.8, 4) is 0 Å². The summed E-state index contributed by atoms with van der Waals surface area (Å²) in [5.74, 6) is -0.0461. The van der Waals surface area contributed by atoms with Crippen LogP contribution in [0.2, 0.25) is 0 Å². The van der Waals surface area contributed by atoms with Gasteiger partial charge in [-0.25, -0.2) is 8.42 Å². The van der Waals surface area contributed by atoms with Gasteiger partial charge in [-0.2, -0.15) is 4.31 Å². The first-order valence-electron chi connectivity index (χ1n) is 10.4. The second kappa shape index (κ2) is 8.16. The quantitative estimate of drug-likeness (QED) is 0.741. The maximum Gasteiger partial charge on any atom is 0.253 e. The molecule has 1 aliphatic heterocycles. The van der Waals surface area contributed by atoms with Gasteiger partial charge in [0.15, 0.2) is 0 Å². The molecule has 1 fully saturated rings. The van der Waals surface area contributed by atoms with Crippen LogP contribution in [0.3, 0.4) is 0 Å². The van der Waals surface area contributed by atoms with Crippen LogP contribution in [0.5, 0.6) is 0 Å². The fourth-order valence-corrected chi connectivity index (χ4v) is 5.96. The van der Waals surface area contributed by atoms with Gasteiger partial charge in [0.05, 0.1) is 4.90 Å². The van der Waals surface area contributed by atoms with Crippen molar-refractivity contribution in [3.05, 3.63) is 64.2 Å². The summed E-state index contributed by atoms with van der Waals surface area (Å²) in [5.41, 5.74) is 4.45. The van der Waals surface area contributed by atoms with E-state index in [0.717, 1.165) is 16.7 Å². The van der Waals surface area contributed by atoms with Crippen LogP contribution in [0.15, 0.2) is 41.3 Å². The number of nitrogens with zero attached hydrogens (tertiary/aromatic N) is 2. The van der Waals surface area contributed by atoms with E-state index in [9.17, 15) is 13.2 Å². The van der Waals surface area contributed by atoms with Crippen LogP contribution in [0.25, 0.3) is 0 Å². The molecule has 0 bridgehead atoms. The Bertz CT molecular complexity index is 1020. The fourth-order valence-electron chi connectivity index (χ4n) is 4.13. The van der Waals surface area contributed by atoms with Crippen LogP contribution < -0.4 is 0 Å². The monoisotopic (exact) mass is 428 g/mol. The van der Waals surface area contributed by atoms with Gasteiger partial charge in [-0.1, -0.05) is 50.6 Å². The van der Waals surface area contributed by atoms with Gasteiger partial charge in [-0.3, -0.25) is 4.79 Å². The second-order valence-electron chi connectivity index (χ2n) is 9.25. The van der Waals surface area contributed by atoms with Crippen molar-refractivity contribution in [2.75, 3.05) is 26.2 Å². The number of benzene rings is 2. The summed E-state index contributed by atoms with van der Waals surface area (Å²) in [6.07, 6.45) is 0. The average molecular weight is 429 g/mol. The number of carbonyl (C=O) groups is 1. The maximum atomic E-state index is 13.2. The Balaban J connectivity index is 1.72. The summed E-state index contributed by atoms with van der Waals surface area (Å²) >= 11 is 0. The molecule has 0 N–H and O–H groups in total. The van der Waals surface area contributed by atoms with E-state index in [2.05, 4.69) is 20.8 Å². The van der Waals surface area contributed by atoms with Gasteiger partial charge in [0.1, 0.15) is 0 Å². The number of aryl methyl sites for hydroxylation is 3. The van der Waals surface area contributed by atoms with E-state index in [-0.39, 0.29) is 11.3 Å². The number of sulfonamides is 1. The highest BCUT2D eigenvalue weighted by atomic mass is 32.2. The van der Waals surface area contributed by atoms with Crippen LogP contribution in [0, 0.1) is 20.8 Å². The number of carbonyl (C=O) groups excluding carboxylic acids is 1. The zero-order valence-corrected chi connectivity index (χ0v) is 19.6. The molecular formula is C24H32N2O3S. The van der Waals surface area contributed by atoms with E-state index in [1.165, 1.54) is 9.87 Å². The molecule has 162 valence electrons. The van der Waals surface area contributed by atoms with E-state index in [0.29, 0.717) is 36.6 Å². The molecule has 0 atom stereocenters. The lowest BCUT2D eigenvalue weighted by molar-refractivity contribution is 0.0697. The maximum absolute atomic E-state index is 13.2. The highest BCUT2D eigenvalue weighted by Crippen LogP contribution is 2.27. The zero-order chi connectivity index (χ0) is 22.3. The first kappa shape index (κ1) is 22.5. The van der Waals surface area contributed by atoms with Crippen LogP contribution in [-0.2, 0) is 15.4 Å². The van der Waals surface area contributed by atoms with Gasteiger partial charge < -0.3 is 4.90 Å². The molecule has 2 aromatic carbocycles. The average Bonchev–Trinajstić information content (AvgIpc) is 2.66.